The molecule has 1 fully saturated rings. The first-order valence-corrected chi connectivity index (χ1v) is 21.1. The van der Waals surface area contributed by atoms with Crippen molar-refractivity contribution in [1.82, 2.24) is 5.32 Å². The van der Waals surface area contributed by atoms with Gasteiger partial charge in [0.25, 0.3) is 0 Å². The van der Waals surface area contributed by atoms with Gasteiger partial charge in [-0.05, 0) is 32.1 Å². The SMILES string of the molecule is CCCCC/C=C/CC/C=C/[C@@H](O)[C@H](CO[C@H]1O[C@@H](CO)[C@H](O)C(O)C1O)NC(=O)CCCCCCCCCCCCCCCCCCCCC. The Morgan fingerprint density at radius 2 is 1.12 bits per heavy atom. The molecule has 0 saturated carbocycles. The second-order valence-electron chi connectivity index (χ2n) is 14.8. The number of rotatable bonds is 34. The molecule has 7 atom stereocenters. The van der Waals surface area contributed by atoms with Gasteiger partial charge in [0.1, 0.15) is 24.4 Å². The van der Waals surface area contributed by atoms with Crippen molar-refractivity contribution in [2.24, 2.45) is 0 Å². The van der Waals surface area contributed by atoms with Crippen molar-refractivity contribution in [2.45, 2.75) is 224 Å². The predicted molar refractivity (Wildman–Crippen MR) is 207 cm³/mol. The number of allylic oxidation sites excluding steroid dienone is 3. The van der Waals surface area contributed by atoms with Crippen LogP contribution in [0, 0.1) is 0 Å². The molecule has 2 unspecified atom stereocenters. The summed E-state index contributed by atoms with van der Waals surface area (Å²) in [5, 5.41) is 53.9. The van der Waals surface area contributed by atoms with Gasteiger partial charge in [-0.15, -0.1) is 0 Å². The lowest BCUT2D eigenvalue weighted by atomic mass is 9.99. The number of aliphatic hydroxyl groups excluding tert-OH is 5. The van der Waals surface area contributed by atoms with E-state index in [9.17, 15) is 30.3 Å². The molecular formula is C42H79NO8. The molecule has 1 aliphatic heterocycles. The van der Waals surface area contributed by atoms with E-state index in [1.165, 1.54) is 122 Å². The summed E-state index contributed by atoms with van der Waals surface area (Å²) in [5.74, 6) is -0.188. The van der Waals surface area contributed by atoms with Crippen LogP contribution in [0.3, 0.4) is 0 Å². The van der Waals surface area contributed by atoms with E-state index < -0.39 is 49.5 Å². The first-order chi connectivity index (χ1) is 24.8. The molecule has 6 N–H and O–H groups in total. The number of unbranched alkanes of at least 4 members (excludes halogenated alkanes) is 22. The van der Waals surface area contributed by atoms with Crippen molar-refractivity contribution >= 4 is 5.91 Å². The summed E-state index contributed by atoms with van der Waals surface area (Å²) in [5.41, 5.74) is 0. The summed E-state index contributed by atoms with van der Waals surface area (Å²) in [6, 6.07) is -0.814. The smallest absolute Gasteiger partial charge is 0.220 e. The summed E-state index contributed by atoms with van der Waals surface area (Å²) in [6.07, 6.45) is 30.9. The highest BCUT2D eigenvalue weighted by atomic mass is 16.7. The zero-order chi connectivity index (χ0) is 37.4. The average Bonchev–Trinajstić information content (AvgIpc) is 3.13. The zero-order valence-electron chi connectivity index (χ0n) is 32.6. The van der Waals surface area contributed by atoms with E-state index in [0.29, 0.717) is 6.42 Å². The van der Waals surface area contributed by atoms with E-state index in [1.54, 1.807) is 6.08 Å². The minimum atomic E-state index is -1.57. The topological polar surface area (TPSA) is 149 Å². The van der Waals surface area contributed by atoms with Crippen molar-refractivity contribution < 1.29 is 39.8 Å². The molecule has 51 heavy (non-hydrogen) atoms. The maximum Gasteiger partial charge on any atom is 0.220 e. The lowest BCUT2D eigenvalue weighted by Gasteiger charge is -2.40. The number of carbonyl (C=O) groups is 1. The van der Waals surface area contributed by atoms with Crippen molar-refractivity contribution in [2.75, 3.05) is 13.2 Å². The largest absolute Gasteiger partial charge is 0.394 e. The Labute approximate surface area is 311 Å². The number of ether oxygens (including phenoxy) is 2. The number of amides is 1. The van der Waals surface area contributed by atoms with Crippen molar-refractivity contribution in [3.8, 4) is 0 Å². The Morgan fingerprint density at radius 1 is 0.647 bits per heavy atom. The molecule has 300 valence electrons. The summed E-state index contributed by atoms with van der Waals surface area (Å²) in [6.45, 7) is 3.70. The quantitative estimate of drug-likeness (QED) is 0.0289. The molecule has 0 aromatic heterocycles. The Hall–Kier alpha value is -1.33. The van der Waals surface area contributed by atoms with E-state index in [4.69, 9.17) is 9.47 Å². The Bertz CT molecular complexity index is 853. The van der Waals surface area contributed by atoms with E-state index in [0.717, 1.165) is 38.5 Å². The summed E-state index contributed by atoms with van der Waals surface area (Å²) in [7, 11) is 0. The second kappa shape index (κ2) is 33.3. The third-order valence-corrected chi connectivity index (χ3v) is 10.0. The molecule has 0 radical (unpaired) electrons. The van der Waals surface area contributed by atoms with Gasteiger partial charge in [0.15, 0.2) is 6.29 Å². The molecule has 0 aromatic rings. The number of carbonyl (C=O) groups excluding carboxylic acids is 1. The molecule has 0 aliphatic carbocycles. The third kappa shape index (κ3) is 24.6. The van der Waals surface area contributed by atoms with Crippen LogP contribution in [0.15, 0.2) is 24.3 Å². The van der Waals surface area contributed by atoms with Gasteiger partial charge in [-0.25, -0.2) is 0 Å². The Kier molecular flexibility index (Phi) is 31.1. The van der Waals surface area contributed by atoms with E-state index in [2.05, 4.69) is 31.3 Å². The monoisotopic (exact) mass is 726 g/mol. The van der Waals surface area contributed by atoms with E-state index >= 15 is 0 Å². The molecule has 1 heterocycles. The van der Waals surface area contributed by atoms with Crippen LogP contribution in [0.25, 0.3) is 0 Å². The highest BCUT2D eigenvalue weighted by molar-refractivity contribution is 5.76. The highest BCUT2D eigenvalue weighted by Crippen LogP contribution is 2.22. The molecule has 9 nitrogen and oxygen atoms in total. The normalized spacial score (nSPS) is 22.2. The van der Waals surface area contributed by atoms with Crippen molar-refractivity contribution in [1.29, 1.82) is 0 Å². The van der Waals surface area contributed by atoms with E-state index in [-0.39, 0.29) is 12.5 Å². The molecule has 1 rings (SSSR count). The minimum Gasteiger partial charge on any atom is -0.394 e. The van der Waals surface area contributed by atoms with Crippen LogP contribution >= 0.6 is 0 Å². The zero-order valence-corrected chi connectivity index (χ0v) is 32.6. The van der Waals surface area contributed by atoms with Crippen molar-refractivity contribution in [3.05, 3.63) is 24.3 Å². The molecule has 0 aromatic carbocycles. The van der Waals surface area contributed by atoms with Crippen LogP contribution in [0.5, 0.6) is 0 Å². The van der Waals surface area contributed by atoms with Gasteiger partial charge >= 0.3 is 0 Å². The average molecular weight is 726 g/mol. The predicted octanol–water partition coefficient (Wildman–Crippen LogP) is 7.94. The summed E-state index contributed by atoms with van der Waals surface area (Å²) < 4.78 is 11.1. The Balaban J connectivity index is 2.32. The standard InChI is InChI=1S/C42H79NO8/c1-3-5-7-9-11-13-14-15-16-17-18-19-20-21-22-24-26-28-30-32-38(46)43-35(36(45)31-29-27-25-23-12-10-8-6-4-2)34-50-42-41(49)40(48)39(47)37(33-44)51-42/h12,23,29,31,35-37,39-42,44-45,47-49H,3-11,13-22,24-28,30,32-34H2,1-2H3,(H,43,46)/b23-12+,31-29+/t35-,36+,37-,39-,40?,41?,42-/m0/s1. The van der Waals surface area contributed by atoms with Gasteiger partial charge in [-0.2, -0.15) is 0 Å². The fraction of sp³-hybridized carbons (Fsp3) is 0.881. The van der Waals surface area contributed by atoms with Crippen LogP contribution in [-0.4, -0.2) is 87.5 Å². The maximum absolute atomic E-state index is 12.9. The summed E-state index contributed by atoms with van der Waals surface area (Å²) in [4.78, 5) is 12.9. The third-order valence-electron chi connectivity index (χ3n) is 10.0. The van der Waals surface area contributed by atoms with E-state index in [1.807, 2.05) is 6.08 Å². The molecule has 1 aliphatic rings. The number of hydrogen-bond acceptors (Lipinski definition) is 8. The fourth-order valence-corrected chi connectivity index (χ4v) is 6.58. The molecule has 0 bridgehead atoms. The van der Waals surface area contributed by atoms with Gasteiger partial charge in [0.2, 0.25) is 5.91 Å². The van der Waals surface area contributed by atoms with Gasteiger partial charge in [0.05, 0.1) is 25.4 Å². The van der Waals surface area contributed by atoms with Crippen LogP contribution < -0.4 is 5.32 Å². The highest BCUT2D eigenvalue weighted by Gasteiger charge is 2.44. The Morgan fingerprint density at radius 3 is 1.65 bits per heavy atom. The van der Waals surface area contributed by atoms with Crippen LogP contribution in [-0.2, 0) is 14.3 Å². The molecule has 9 heteroatoms. The maximum atomic E-state index is 12.9. The lowest BCUT2D eigenvalue weighted by Crippen LogP contribution is -2.60. The summed E-state index contributed by atoms with van der Waals surface area (Å²) >= 11 is 0. The first kappa shape index (κ1) is 47.7. The van der Waals surface area contributed by atoms with Crippen LogP contribution in [0.2, 0.25) is 0 Å². The van der Waals surface area contributed by atoms with Gasteiger partial charge < -0.3 is 40.3 Å². The van der Waals surface area contributed by atoms with Gasteiger partial charge in [0, 0.05) is 6.42 Å². The first-order valence-electron chi connectivity index (χ1n) is 21.1. The van der Waals surface area contributed by atoms with Gasteiger partial charge in [-0.1, -0.05) is 167 Å². The molecule has 1 saturated heterocycles. The minimum absolute atomic E-state index is 0.188. The van der Waals surface area contributed by atoms with Gasteiger partial charge in [-0.3, -0.25) is 4.79 Å². The number of nitrogens with one attached hydrogen (secondary N) is 1. The second-order valence-corrected chi connectivity index (χ2v) is 14.8. The van der Waals surface area contributed by atoms with Crippen LogP contribution in [0.4, 0.5) is 0 Å². The molecule has 0 spiro atoms. The molecule has 1 amide bonds. The number of aliphatic hydroxyl groups is 5. The van der Waals surface area contributed by atoms with Crippen molar-refractivity contribution in [3.63, 3.8) is 0 Å². The lowest BCUT2D eigenvalue weighted by molar-refractivity contribution is -0.302. The fourth-order valence-electron chi connectivity index (χ4n) is 6.58. The van der Waals surface area contributed by atoms with Crippen LogP contribution in [0.1, 0.15) is 181 Å². The molecular weight excluding hydrogens is 646 g/mol. The number of hydrogen-bond donors (Lipinski definition) is 6.